The van der Waals surface area contributed by atoms with Crippen LogP contribution < -0.4 is 57.8 Å². The van der Waals surface area contributed by atoms with Gasteiger partial charge in [-0.2, -0.15) is 0 Å². The van der Waals surface area contributed by atoms with Gasteiger partial charge in [0.2, 0.25) is 40.2 Å². The number of aromatic carboxylic acids is 1. The third-order valence-electron chi connectivity index (χ3n) is 16.9. The van der Waals surface area contributed by atoms with E-state index in [9.17, 15) is 53.7 Å². The van der Waals surface area contributed by atoms with Gasteiger partial charge in [-0.05, 0) is 122 Å². The number of amides is 4. The number of carbonyl (C=O) groups excluding carboxylic acids is 4. The van der Waals surface area contributed by atoms with Crippen molar-refractivity contribution in [3.05, 3.63) is 154 Å². The molecule has 0 radical (unpaired) electrons. The van der Waals surface area contributed by atoms with Crippen molar-refractivity contribution in [1.82, 2.24) is 35.0 Å². The van der Waals surface area contributed by atoms with Crippen LogP contribution in [0.4, 0.5) is 17.2 Å². The topological polar surface area (TPSA) is 300 Å². The second-order valence-corrected chi connectivity index (χ2v) is 22.9. The number of aryl methyl sites for hydroxylation is 3. The van der Waals surface area contributed by atoms with Crippen LogP contribution in [0, 0.1) is 27.7 Å². The fourth-order valence-electron chi connectivity index (χ4n) is 11.4. The summed E-state index contributed by atoms with van der Waals surface area (Å²) in [5, 5.41) is 49.5. The maximum Gasteiger partial charge on any atom is 0.336 e. The Balaban J connectivity index is 1.17. The van der Waals surface area contributed by atoms with Crippen LogP contribution in [-0.4, -0.2) is 118 Å². The summed E-state index contributed by atoms with van der Waals surface area (Å²) in [6, 6.07) is 14.8. The van der Waals surface area contributed by atoms with Crippen LogP contribution in [0.3, 0.4) is 0 Å². The molecule has 89 heavy (non-hydrogen) atoms. The van der Waals surface area contributed by atoms with Crippen LogP contribution in [0.2, 0.25) is 0 Å². The van der Waals surface area contributed by atoms with E-state index in [2.05, 4.69) is 75.1 Å². The van der Waals surface area contributed by atoms with Crippen LogP contribution in [0.5, 0.6) is 17.2 Å². The van der Waals surface area contributed by atoms with Crippen molar-refractivity contribution in [3.8, 4) is 17.2 Å². The van der Waals surface area contributed by atoms with Gasteiger partial charge in [0.25, 0.3) is 0 Å². The lowest BCUT2D eigenvalue weighted by molar-refractivity contribution is -0.521. The molecule has 9 N–H and O–H groups in total. The lowest BCUT2D eigenvalue weighted by Gasteiger charge is -2.35. The molecule has 24 heteroatoms. The zero-order valence-electron chi connectivity index (χ0n) is 52.5. The number of nitrogens with one attached hydrogen (secondary N) is 6. The smallest absolute Gasteiger partial charge is 0.336 e. The van der Waals surface area contributed by atoms with Gasteiger partial charge >= 0.3 is 5.97 Å². The molecular weight excluding hydrogens is 1160 g/mol. The van der Waals surface area contributed by atoms with E-state index >= 15 is 0 Å². The van der Waals surface area contributed by atoms with Crippen molar-refractivity contribution in [1.29, 1.82) is 0 Å². The first-order chi connectivity index (χ1) is 42.2. The number of carboxylic acid groups (broad SMARTS) is 1. The lowest BCUT2D eigenvalue weighted by atomic mass is 9.82. The third-order valence-corrected chi connectivity index (χ3v) is 17.2. The quantitative estimate of drug-likeness (QED) is 0.0249. The summed E-state index contributed by atoms with van der Waals surface area (Å²) in [7, 11) is 4.91. The zero-order chi connectivity index (χ0) is 65.2. The van der Waals surface area contributed by atoms with E-state index < -0.39 is 76.4 Å². The van der Waals surface area contributed by atoms with Crippen LogP contribution in [0.15, 0.2) is 86.7 Å². The summed E-state index contributed by atoms with van der Waals surface area (Å²) in [6.45, 7) is 17.7. The Kier molecular flexibility index (Phi) is 22.0. The minimum absolute atomic E-state index is 0.0550. The molecular formula is C65H82N11O12S+. The first-order valence-electron chi connectivity index (χ1n) is 29.8. The summed E-state index contributed by atoms with van der Waals surface area (Å²) in [6.07, 6.45) is 2.23. The molecule has 0 fully saturated rings. The van der Waals surface area contributed by atoms with Gasteiger partial charge in [-0.15, -0.1) is 0 Å². The van der Waals surface area contributed by atoms with E-state index in [1.165, 1.54) is 35.9 Å². The molecule has 2 atom stereocenters. The van der Waals surface area contributed by atoms with Gasteiger partial charge in [0.15, 0.2) is 27.8 Å². The molecule has 0 saturated carbocycles. The number of aromatic hydroxyl groups is 2. The summed E-state index contributed by atoms with van der Waals surface area (Å²) in [4.78, 5) is 110. The number of fused-ring (bicyclic) bond motifs is 2. The average molecular weight is 1240 g/mol. The Hall–Kier alpha value is -9.32. The van der Waals surface area contributed by atoms with Crippen LogP contribution in [0.25, 0.3) is 5.57 Å². The van der Waals surface area contributed by atoms with Crippen molar-refractivity contribution < 1.29 is 48.6 Å². The zero-order valence-corrected chi connectivity index (χ0v) is 53.3. The molecule has 23 nitrogen and oxygen atoms in total. The monoisotopic (exact) mass is 1240 g/mol. The second-order valence-electron chi connectivity index (χ2n) is 22.5. The molecule has 2 aliphatic rings. The maximum absolute atomic E-state index is 14.4. The fourth-order valence-corrected chi connectivity index (χ4v) is 11.6. The molecule has 2 unspecified atom stereocenters. The standard InChI is InChI=1S/C65H81N11O12S/c1-12-75(13-2)42-17-20-45-53(32-42)88-54-33-43(76(14-3)15-4)18-21-46(54)59(45)47-31-41(16-19-44(47)63(86)87)69-64(89)66-27-24-57(82)71-65(26-23-56(81)70-62-61(85)52(79)30-39(7)74(62)11,34-58(83)68-35-48-40(8)50(77)28-37(5)72(48)9)25-22-55(80)67-36-49-60(84)51(78)29-38(6)73(49)10/h16-21,28-32,54H,12-15,22-27,33-36H2,1-11H3,(H8-,66,67,68,69,70,71,79,80,81,82,83,84,85,86,87,89)/p+1. The number of carboxylic acids is 1. The van der Waals surface area contributed by atoms with E-state index in [0.717, 1.165) is 48.7 Å². The number of allylic oxidation sites excluding steroid dienone is 1. The molecule has 3 aromatic heterocycles. The van der Waals surface area contributed by atoms with Gasteiger partial charge in [0.05, 0.1) is 30.8 Å². The number of aromatic nitrogens is 3. The Labute approximate surface area is 522 Å². The molecule has 4 heterocycles. The SMILES string of the molecule is CCN(CC)c1ccc2c(c1)OC1CC(=[N+](CC)CC)C=CC1=C2c1cc(NC(=S)NCCC(=O)NC(CCC(=O)NCc2c(O)c(=O)cc(C)n2C)(CCC(=O)Nc2c(O)c(=O)cc(C)n2C)CC(=O)NCc2c(C)c(=O)cc(C)n2C)ccc1C(=O)O. The highest BCUT2D eigenvalue weighted by atomic mass is 32.1. The fraction of sp³-hybridized carbons (Fsp3) is 0.415. The van der Waals surface area contributed by atoms with Crippen molar-refractivity contribution in [2.75, 3.05) is 48.3 Å². The van der Waals surface area contributed by atoms with Gasteiger partial charge < -0.3 is 70.6 Å². The molecule has 5 aromatic rings. The number of thiocarbonyl (C=S) groups is 1. The highest BCUT2D eigenvalue weighted by molar-refractivity contribution is 7.80. The number of anilines is 3. The minimum Gasteiger partial charge on any atom is -0.503 e. The van der Waals surface area contributed by atoms with E-state index in [1.807, 2.05) is 24.3 Å². The predicted octanol–water partition coefficient (Wildman–Crippen LogP) is 5.74. The van der Waals surface area contributed by atoms with Crippen LogP contribution in [-0.2, 0) is 53.4 Å². The van der Waals surface area contributed by atoms with Crippen LogP contribution >= 0.6 is 12.2 Å². The molecule has 2 aromatic carbocycles. The first-order valence-corrected chi connectivity index (χ1v) is 30.2. The van der Waals surface area contributed by atoms with Crippen molar-refractivity contribution in [3.63, 3.8) is 0 Å². The van der Waals surface area contributed by atoms with Gasteiger partial charge in [-0.3, -0.25) is 33.6 Å². The number of ether oxygens (including phenoxy) is 1. The molecule has 0 bridgehead atoms. The summed E-state index contributed by atoms with van der Waals surface area (Å²) in [5.41, 5.74) is 4.67. The highest BCUT2D eigenvalue weighted by Crippen LogP contribution is 2.45. The molecule has 7 rings (SSSR count). The number of hydrogen-bond donors (Lipinski definition) is 9. The van der Waals surface area contributed by atoms with Gasteiger partial charge in [0.1, 0.15) is 24.9 Å². The van der Waals surface area contributed by atoms with Crippen molar-refractivity contribution >= 4 is 75.4 Å². The van der Waals surface area contributed by atoms with E-state index in [1.54, 1.807) is 63.1 Å². The number of benzene rings is 2. The number of hydrogen-bond acceptors (Lipinski definition) is 13. The summed E-state index contributed by atoms with van der Waals surface area (Å²) < 4.78 is 13.8. The first kappa shape index (κ1) is 67.2. The Morgan fingerprint density at radius 3 is 1.94 bits per heavy atom. The largest absolute Gasteiger partial charge is 0.503 e. The Bertz CT molecular complexity index is 3900. The van der Waals surface area contributed by atoms with Crippen molar-refractivity contribution in [2.24, 2.45) is 21.1 Å². The number of carbonyl (C=O) groups is 5. The summed E-state index contributed by atoms with van der Waals surface area (Å²) in [5.74, 6) is -4.48. The predicted molar refractivity (Wildman–Crippen MR) is 346 cm³/mol. The average Bonchev–Trinajstić information content (AvgIpc) is 0.771. The minimum atomic E-state index is -1.66. The van der Waals surface area contributed by atoms with Gasteiger partial charge in [-0.25, -0.2) is 9.37 Å². The Morgan fingerprint density at radius 1 is 0.685 bits per heavy atom. The number of pyridine rings is 3. The second kappa shape index (κ2) is 29.1. The van der Waals surface area contributed by atoms with E-state index in [-0.39, 0.29) is 72.9 Å². The third kappa shape index (κ3) is 15.7. The summed E-state index contributed by atoms with van der Waals surface area (Å²) >= 11 is 5.78. The molecule has 0 spiro atoms. The Morgan fingerprint density at radius 2 is 1.29 bits per heavy atom. The highest BCUT2D eigenvalue weighted by Gasteiger charge is 2.38. The molecule has 474 valence electrons. The van der Waals surface area contributed by atoms with Gasteiger partial charge in [0, 0.05) is 159 Å². The molecule has 0 saturated heterocycles. The molecule has 1 aliphatic heterocycles. The van der Waals surface area contributed by atoms with E-state index in [4.69, 9.17) is 17.0 Å². The maximum atomic E-state index is 14.4. The van der Waals surface area contributed by atoms with Crippen LogP contribution in [0.1, 0.15) is 128 Å². The molecule has 1 aliphatic carbocycles. The normalized spacial score (nSPS) is 13.9. The van der Waals surface area contributed by atoms with E-state index in [0.29, 0.717) is 57.3 Å². The number of rotatable bonds is 25. The number of nitrogens with zero attached hydrogens (tertiary/aromatic N) is 5. The van der Waals surface area contributed by atoms with Crippen molar-refractivity contribution in [2.45, 2.75) is 125 Å². The van der Waals surface area contributed by atoms with Gasteiger partial charge in [-0.1, -0.05) is 0 Å². The molecule has 4 amide bonds. The lowest BCUT2D eigenvalue weighted by Crippen LogP contribution is -2.53.